The quantitative estimate of drug-likeness (QED) is 0.248. The third-order valence-electron chi connectivity index (χ3n) is 8.79. The number of carbonyl (C=O) groups is 1. The molecule has 3 aliphatic rings. The van der Waals surface area contributed by atoms with Gasteiger partial charge in [0.25, 0.3) is 0 Å². The van der Waals surface area contributed by atoms with Gasteiger partial charge in [0.15, 0.2) is 5.65 Å². The Bertz CT molecular complexity index is 1440. The number of carbonyl (C=O) groups excluding carboxylic acids is 1. The number of rotatable bonds is 9. The second-order valence-corrected chi connectivity index (χ2v) is 11.6. The molecule has 5 atom stereocenters. The number of fused-ring (bicyclic) bond motifs is 3. The average Bonchev–Trinajstić information content (AvgIpc) is 3.69. The van der Waals surface area contributed by atoms with Crippen LogP contribution in [0.1, 0.15) is 30.7 Å². The zero-order chi connectivity index (χ0) is 28.0. The molecule has 3 aromatic rings. The topological polar surface area (TPSA) is 150 Å². The molecule has 1 saturated carbocycles. The average molecular weight is 567 g/mol. The maximum atomic E-state index is 12.3. The number of methoxy groups -OCH3 is 1. The number of imidazole rings is 1. The highest BCUT2D eigenvalue weighted by Gasteiger charge is 2.47. The largest absolute Gasteiger partial charge is 0.497 e. The van der Waals surface area contributed by atoms with E-state index in [2.05, 4.69) is 38.4 Å². The van der Waals surface area contributed by atoms with Crippen molar-refractivity contribution in [3.8, 4) is 17.1 Å². The number of hydrogen-bond donors (Lipinski definition) is 5. The van der Waals surface area contributed by atoms with E-state index in [0.29, 0.717) is 34.2 Å². The molecular weight excluding hydrogens is 532 g/mol. The number of anilines is 1. The van der Waals surface area contributed by atoms with Gasteiger partial charge in [-0.1, -0.05) is 23.8 Å². The third-order valence-corrected chi connectivity index (χ3v) is 9.07. The van der Waals surface area contributed by atoms with Gasteiger partial charge < -0.3 is 35.9 Å². The van der Waals surface area contributed by atoms with Gasteiger partial charge >= 0.3 is 0 Å². The van der Waals surface area contributed by atoms with Gasteiger partial charge in [0.05, 0.1) is 42.6 Å². The van der Waals surface area contributed by atoms with Crippen LogP contribution in [0.4, 0.5) is 5.69 Å². The van der Waals surface area contributed by atoms with Crippen LogP contribution in [0.3, 0.4) is 0 Å². The maximum absolute atomic E-state index is 12.3. The number of likely N-dealkylation sites (tertiary alicyclic amines) is 1. The van der Waals surface area contributed by atoms with Crippen molar-refractivity contribution in [3.63, 3.8) is 0 Å². The monoisotopic (exact) mass is 566 g/mol. The van der Waals surface area contributed by atoms with Crippen molar-refractivity contribution in [2.45, 2.75) is 37.3 Å². The Hall–Kier alpha value is -3.18. The number of amides is 1. The van der Waals surface area contributed by atoms with Crippen molar-refractivity contribution >= 4 is 34.4 Å². The zero-order valence-corrected chi connectivity index (χ0v) is 23.1. The van der Waals surface area contributed by atoms with E-state index in [1.807, 2.05) is 12.1 Å². The summed E-state index contributed by atoms with van der Waals surface area (Å²) in [5.74, 6) is 1.47. The first-order valence-corrected chi connectivity index (χ1v) is 14.2. The molecule has 6 N–H and O–H groups in total. The minimum atomic E-state index is -0.727. The van der Waals surface area contributed by atoms with Gasteiger partial charge in [-0.2, -0.15) is 0 Å². The summed E-state index contributed by atoms with van der Waals surface area (Å²) in [6.45, 7) is 1.88. The molecule has 212 valence electrons. The van der Waals surface area contributed by atoms with E-state index in [1.54, 1.807) is 13.3 Å². The summed E-state index contributed by atoms with van der Waals surface area (Å²) in [6, 6.07) is 5.87. The summed E-state index contributed by atoms with van der Waals surface area (Å²) >= 11 is 6.65. The molecule has 6 rings (SSSR count). The number of aliphatic hydroxyl groups is 2. The third kappa shape index (κ3) is 4.94. The Morgan fingerprint density at radius 3 is 2.80 bits per heavy atom. The lowest BCUT2D eigenvalue weighted by Crippen LogP contribution is -2.41. The van der Waals surface area contributed by atoms with Crippen LogP contribution in [0, 0.1) is 17.8 Å². The lowest BCUT2D eigenvalue weighted by molar-refractivity contribution is -0.122. The fourth-order valence-electron chi connectivity index (χ4n) is 6.77. The number of aliphatic hydroxyl groups excluding tert-OH is 2. The number of piperidine rings is 1. The van der Waals surface area contributed by atoms with Crippen LogP contribution in [0.2, 0.25) is 5.02 Å². The minimum absolute atomic E-state index is 0.144. The van der Waals surface area contributed by atoms with Crippen LogP contribution in [0.15, 0.2) is 36.5 Å². The van der Waals surface area contributed by atoms with Gasteiger partial charge in [0, 0.05) is 18.2 Å². The molecule has 1 aromatic carbocycles. The predicted molar refractivity (Wildman–Crippen MR) is 153 cm³/mol. The lowest BCUT2D eigenvalue weighted by Gasteiger charge is -2.33. The molecule has 2 bridgehead atoms. The van der Waals surface area contributed by atoms with E-state index in [-0.39, 0.29) is 42.2 Å². The second-order valence-electron chi connectivity index (χ2n) is 11.2. The number of nitrogens with two attached hydrogens (primary N) is 1. The van der Waals surface area contributed by atoms with Crippen LogP contribution in [-0.2, 0) is 4.79 Å². The molecule has 1 aliphatic heterocycles. The van der Waals surface area contributed by atoms with Crippen molar-refractivity contribution in [3.05, 3.63) is 47.1 Å². The normalized spacial score (nSPS) is 25.5. The van der Waals surface area contributed by atoms with E-state index in [9.17, 15) is 15.0 Å². The number of halogens is 1. The molecule has 40 heavy (non-hydrogen) atoms. The molecule has 1 amide bonds. The predicted octanol–water partition coefficient (Wildman–Crippen LogP) is 2.91. The van der Waals surface area contributed by atoms with Crippen LogP contribution < -0.4 is 15.8 Å². The number of β-amino-alcohol motifs (C(OH)–C–C–N with tert-alkyl or cyclic N) is 1. The van der Waals surface area contributed by atoms with Crippen LogP contribution in [0.5, 0.6) is 5.75 Å². The zero-order valence-electron chi connectivity index (χ0n) is 22.4. The molecule has 2 aromatic heterocycles. The summed E-state index contributed by atoms with van der Waals surface area (Å²) < 4.78 is 5.56. The Labute approximate surface area is 237 Å². The number of primary amides is 1. The van der Waals surface area contributed by atoms with Crippen LogP contribution in [0.25, 0.3) is 22.6 Å². The number of aromatic nitrogens is 3. The molecule has 2 aliphatic carbocycles. The lowest BCUT2D eigenvalue weighted by atomic mass is 9.86. The molecular formula is C29H35ClN6O4. The standard InChI is InChI=1S/C29H35ClN6O4/c1-40-19-4-5-20(21(11-19)15-6-8-36(9-7-15)13-18(38)14-37)28-34-26-25(22(30)12-32-29(26)35-28)33-24-17-3-2-16(10-17)23(24)27(31)39/h2-5,11-12,15-18,23-24,37-38H,6-10,13-14H2,1H3,(H2,31,39)(H2,32,33,34,35)/t16-,17+,18?,23+,24-/m1/s1. The number of aromatic amines is 1. The summed E-state index contributed by atoms with van der Waals surface area (Å²) in [4.78, 5) is 27.4. The van der Waals surface area contributed by atoms with Gasteiger partial charge in [-0.05, 0) is 73.9 Å². The molecule has 11 heteroatoms. The smallest absolute Gasteiger partial charge is 0.223 e. The summed E-state index contributed by atoms with van der Waals surface area (Å²) in [7, 11) is 1.66. The Morgan fingerprint density at radius 2 is 2.08 bits per heavy atom. The Kier molecular flexibility index (Phi) is 7.43. The maximum Gasteiger partial charge on any atom is 0.223 e. The number of nitrogens with zero attached hydrogens (tertiary/aromatic N) is 3. The highest BCUT2D eigenvalue weighted by atomic mass is 35.5. The highest BCUT2D eigenvalue weighted by Crippen LogP contribution is 2.46. The van der Waals surface area contributed by atoms with Crippen molar-refractivity contribution in [2.75, 3.05) is 38.7 Å². The number of H-pyrrole nitrogens is 1. The van der Waals surface area contributed by atoms with Gasteiger partial charge in [-0.25, -0.2) is 9.97 Å². The first-order valence-electron chi connectivity index (χ1n) is 13.8. The highest BCUT2D eigenvalue weighted by molar-refractivity contribution is 6.34. The SMILES string of the molecule is COc1ccc(-c2nc3c(N[C@H]4[C@@H](C(N)=O)[C@@H]5C=C[C@H]4C5)c(Cl)cnc3[nH]2)c(C2CCN(CC(O)CO)CC2)c1. The van der Waals surface area contributed by atoms with E-state index < -0.39 is 6.10 Å². The molecule has 1 unspecified atom stereocenters. The van der Waals surface area contributed by atoms with Gasteiger partial charge in [0.1, 0.15) is 17.1 Å². The first-order chi connectivity index (χ1) is 19.4. The van der Waals surface area contributed by atoms with Crippen LogP contribution >= 0.6 is 11.6 Å². The number of allylic oxidation sites excluding steroid dienone is 1. The summed E-state index contributed by atoms with van der Waals surface area (Å²) in [5.41, 5.74) is 9.76. The molecule has 2 fully saturated rings. The molecule has 1 saturated heterocycles. The Morgan fingerprint density at radius 1 is 1.30 bits per heavy atom. The molecule has 0 spiro atoms. The molecule has 10 nitrogen and oxygen atoms in total. The Balaban J connectivity index is 1.32. The van der Waals surface area contributed by atoms with Crippen molar-refractivity contribution in [1.29, 1.82) is 0 Å². The number of pyridine rings is 1. The number of ether oxygens (including phenoxy) is 1. The number of hydrogen-bond acceptors (Lipinski definition) is 8. The van der Waals surface area contributed by atoms with E-state index in [4.69, 9.17) is 27.1 Å². The fourth-order valence-corrected chi connectivity index (χ4v) is 6.97. The molecule has 0 radical (unpaired) electrons. The van der Waals surface area contributed by atoms with E-state index >= 15 is 0 Å². The molecule has 3 heterocycles. The second kappa shape index (κ2) is 11.0. The van der Waals surface area contributed by atoms with Crippen molar-refractivity contribution in [2.24, 2.45) is 23.5 Å². The van der Waals surface area contributed by atoms with E-state index in [1.165, 1.54) is 0 Å². The first kappa shape index (κ1) is 27.0. The van der Waals surface area contributed by atoms with E-state index in [0.717, 1.165) is 49.2 Å². The van der Waals surface area contributed by atoms with Crippen LogP contribution in [-0.4, -0.2) is 81.5 Å². The van der Waals surface area contributed by atoms with Crippen molar-refractivity contribution < 1.29 is 19.7 Å². The van der Waals surface area contributed by atoms with Gasteiger partial charge in [0.2, 0.25) is 5.91 Å². The van der Waals surface area contributed by atoms with Gasteiger partial charge in [-0.3, -0.25) is 4.79 Å². The van der Waals surface area contributed by atoms with Crippen molar-refractivity contribution in [1.82, 2.24) is 19.9 Å². The minimum Gasteiger partial charge on any atom is -0.497 e. The summed E-state index contributed by atoms with van der Waals surface area (Å²) in [6.07, 6.45) is 7.83. The fraction of sp³-hybridized carbons (Fsp3) is 0.483. The number of benzene rings is 1. The van der Waals surface area contributed by atoms with Gasteiger partial charge in [-0.15, -0.1) is 0 Å². The summed E-state index contributed by atoms with van der Waals surface area (Å²) in [5, 5.41) is 23.0. The number of nitrogens with one attached hydrogen (secondary N) is 2.